The normalized spacial score (nSPS) is 17.2. The molecule has 0 unspecified atom stereocenters. The second-order valence-electron chi connectivity index (χ2n) is 6.82. The molecule has 0 bridgehead atoms. The molecule has 1 aromatic heterocycles. The van der Waals surface area contributed by atoms with Crippen LogP contribution in [-0.2, 0) is 4.79 Å². The van der Waals surface area contributed by atoms with Gasteiger partial charge in [-0.2, -0.15) is 0 Å². The molecule has 3 aromatic rings. The van der Waals surface area contributed by atoms with Crippen LogP contribution in [0, 0.1) is 5.82 Å². The minimum atomic E-state index is -0.423. The zero-order chi connectivity index (χ0) is 19.8. The van der Waals surface area contributed by atoms with E-state index in [1.807, 2.05) is 30.5 Å². The zero-order valence-electron chi connectivity index (χ0n) is 15.4. The molecule has 1 amide bonds. The molecule has 144 valence electrons. The number of nitrogens with two attached hydrogens (primary N) is 1. The molecular formula is C21H20FN3O2S. The fourth-order valence-electron chi connectivity index (χ4n) is 3.56. The van der Waals surface area contributed by atoms with Crippen molar-refractivity contribution in [1.82, 2.24) is 4.90 Å². The highest BCUT2D eigenvalue weighted by Gasteiger charge is 2.28. The first-order valence-electron chi connectivity index (χ1n) is 9.11. The Labute approximate surface area is 165 Å². The van der Waals surface area contributed by atoms with Gasteiger partial charge in [0.2, 0.25) is 5.91 Å². The number of halogens is 1. The molecule has 0 fully saturated rings. The van der Waals surface area contributed by atoms with Crippen LogP contribution in [0.2, 0.25) is 0 Å². The number of carbonyl (C=O) groups excluding carboxylic acids is 1. The van der Waals surface area contributed by atoms with Gasteiger partial charge in [0.05, 0.1) is 12.5 Å². The van der Waals surface area contributed by atoms with Crippen LogP contribution in [0.4, 0.5) is 4.39 Å². The van der Waals surface area contributed by atoms with E-state index in [1.54, 1.807) is 0 Å². The molecule has 4 rings (SSSR count). The summed E-state index contributed by atoms with van der Waals surface area (Å²) in [5, 5.41) is 13.2. The number of phenols is 1. The molecule has 28 heavy (non-hydrogen) atoms. The van der Waals surface area contributed by atoms with E-state index in [2.05, 4.69) is 4.99 Å². The summed E-state index contributed by atoms with van der Waals surface area (Å²) < 4.78 is 14.8. The van der Waals surface area contributed by atoms with Gasteiger partial charge in [-0.3, -0.25) is 9.69 Å². The Kier molecular flexibility index (Phi) is 4.77. The number of aliphatic imine (C=N–C) groups is 1. The van der Waals surface area contributed by atoms with Gasteiger partial charge in [0.1, 0.15) is 11.6 Å². The summed E-state index contributed by atoms with van der Waals surface area (Å²) >= 11 is 1.52. The number of nitrogens with zero attached hydrogens (tertiary/aromatic N) is 2. The molecule has 0 radical (unpaired) electrons. The maximum absolute atomic E-state index is 13.8. The van der Waals surface area contributed by atoms with Crippen molar-refractivity contribution in [1.29, 1.82) is 0 Å². The lowest BCUT2D eigenvalue weighted by molar-refractivity contribution is -0.128. The molecular weight excluding hydrogens is 377 g/mol. The van der Waals surface area contributed by atoms with E-state index in [4.69, 9.17) is 5.73 Å². The number of aromatic hydroxyl groups is 1. The molecule has 5 nitrogen and oxygen atoms in total. The number of amides is 1. The SMILES string of the molecule is CCCN1C(=O)C[C@@H](c2cc(-c3cc(F)ccc3O)c3sccc3c2)N=C1N. The lowest BCUT2D eigenvalue weighted by Gasteiger charge is -2.29. The monoisotopic (exact) mass is 397 g/mol. The minimum absolute atomic E-state index is 0.00473. The number of guanidine groups is 1. The van der Waals surface area contributed by atoms with Crippen molar-refractivity contribution in [3.8, 4) is 16.9 Å². The predicted molar refractivity (Wildman–Crippen MR) is 110 cm³/mol. The molecule has 0 saturated carbocycles. The minimum Gasteiger partial charge on any atom is -0.507 e. The van der Waals surface area contributed by atoms with Crippen LogP contribution in [0.25, 0.3) is 21.2 Å². The molecule has 0 saturated heterocycles. The van der Waals surface area contributed by atoms with E-state index in [0.717, 1.165) is 27.6 Å². The van der Waals surface area contributed by atoms with Gasteiger partial charge < -0.3 is 10.8 Å². The predicted octanol–water partition coefficient (Wildman–Crippen LogP) is 4.41. The summed E-state index contributed by atoms with van der Waals surface area (Å²) in [6, 6.07) is 9.30. The molecule has 1 aliphatic rings. The number of thiophene rings is 1. The molecule has 2 aromatic carbocycles. The van der Waals surface area contributed by atoms with Crippen LogP contribution in [-0.4, -0.2) is 28.4 Å². The van der Waals surface area contributed by atoms with Crippen molar-refractivity contribution in [2.45, 2.75) is 25.8 Å². The van der Waals surface area contributed by atoms with Crippen LogP contribution < -0.4 is 5.73 Å². The summed E-state index contributed by atoms with van der Waals surface area (Å²) in [5.41, 5.74) is 7.99. The Bertz CT molecular complexity index is 1090. The van der Waals surface area contributed by atoms with Gasteiger partial charge in [-0.25, -0.2) is 9.38 Å². The largest absolute Gasteiger partial charge is 0.507 e. The van der Waals surface area contributed by atoms with Crippen LogP contribution in [0.15, 0.2) is 46.8 Å². The van der Waals surface area contributed by atoms with Gasteiger partial charge in [0.25, 0.3) is 0 Å². The van der Waals surface area contributed by atoms with Crippen molar-refractivity contribution in [3.05, 3.63) is 53.2 Å². The number of phenolic OH excluding ortho intramolecular Hbond substituents is 1. The topological polar surface area (TPSA) is 78.9 Å². The summed E-state index contributed by atoms with van der Waals surface area (Å²) in [6.45, 7) is 2.53. The zero-order valence-corrected chi connectivity index (χ0v) is 16.2. The summed E-state index contributed by atoms with van der Waals surface area (Å²) in [7, 11) is 0. The standard InChI is InChI=1S/C21H20FN3O2S/c1-2-6-25-19(27)11-17(24-21(25)23)13-8-12-5-7-28-20(12)16(9-13)15-10-14(22)3-4-18(15)26/h3-5,7-10,17,26H,2,6,11H2,1H3,(H2,23,24)/t17-/m0/s1. The Morgan fingerprint density at radius 3 is 2.86 bits per heavy atom. The number of hydrogen-bond donors (Lipinski definition) is 2. The van der Waals surface area contributed by atoms with E-state index in [1.165, 1.54) is 34.4 Å². The average molecular weight is 397 g/mol. The van der Waals surface area contributed by atoms with E-state index >= 15 is 0 Å². The lowest BCUT2D eigenvalue weighted by atomic mass is 9.95. The second kappa shape index (κ2) is 7.24. The third kappa shape index (κ3) is 3.22. The summed E-state index contributed by atoms with van der Waals surface area (Å²) in [6.07, 6.45) is 1.03. The first-order chi connectivity index (χ1) is 13.5. The number of benzene rings is 2. The maximum Gasteiger partial charge on any atom is 0.231 e. The third-order valence-electron chi connectivity index (χ3n) is 4.89. The number of carbonyl (C=O) groups is 1. The second-order valence-corrected chi connectivity index (χ2v) is 7.74. The molecule has 2 heterocycles. The van der Waals surface area contributed by atoms with Gasteiger partial charge in [0, 0.05) is 22.4 Å². The van der Waals surface area contributed by atoms with Gasteiger partial charge in [-0.05, 0) is 59.1 Å². The van der Waals surface area contributed by atoms with Crippen LogP contribution in [0.5, 0.6) is 5.75 Å². The Hall–Kier alpha value is -2.93. The van der Waals surface area contributed by atoms with Crippen molar-refractivity contribution < 1.29 is 14.3 Å². The van der Waals surface area contributed by atoms with E-state index in [-0.39, 0.29) is 24.0 Å². The average Bonchev–Trinajstić information content (AvgIpc) is 3.14. The van der Waals surface area contributed by atoms with E-state index in [0.29, 0.717) is 12.1 Å². The highest BCUT2D eigenvalue weighted by Crippen LogP contribution is 2.40. The van der Waals surface area contributed by atoms with Crippen LogP contribution >= 0.6 is 11.3 Å². The molecule has 7 heteroatoms. The third-order valence-corrected chi connectivity index (χ3v) is 5.85. The van der Waals surface area contributed by atoms with E-state index in [9.17, 15) is 14.3 Å². The van der Waals surface area contributed by atoms with Crippen molar-refractivity contribution >= 4 is 33.3 Å². The first kappa shape index (κ1) is 18.4. The smallest absolute Gasteiger partial charge is 0.231 e. The van der Waals surface area contributed by atoms with Crippen molar-refractivity contribution in [2.75, 3.05) is 6.54 Å². The quantitative estimate of drug-likeness (QED) is 0.684. The summed E-state index contributed by atoms with van der Waals surface area (Å²) in [5.74, 6) is -0.248. The highest BCUT2D eigenvalue weighted by atomic mass is 32.1. The molecule has 0 aliphatic carbocycles. The number of rotatable bonds is 4. The highest BCUT2D eigenvalue weighted by molar-refractivity contribution is 7.17. The molecule has 0 spiro atoms. The van der Waals surface area contributed by atoms with Crippen LogP contribution in [0.1, 0.15) is 31.4 Å². The Morgan fingerprint density at radius 2 is 2.11 bits per heavy atom. The number of fused-ring (bicyclic) bond motifs is 1. The Balaban J connectivity index is 1.84. The summed E-state index contributed by atoms with van der Waals surface area (Å²) in [4.78, 5) is 18.6. The number of hydrogen-bond acceptors (Lipinski definition) is 5. The fourth-order valence-corrected chi connectivity index (χ4v) is 4.46. The first-order valence-corrected chi connectivity index (χ1v) is 9.99. The van der Waals surface area contributed by atoms with Crippen molar-refractivity contribution in [2.24, 2.45) is 10.7 Å². The van der Waals surface area contributed by atoms with Gasteiger partial charge in [-0.15, -0.1) is 11.3 Å². The lowest BCUT2D eigenvalue weighted by Crippen LogP contribution is -2.46. The van der Waals surface area contributed by atoms with Gasteiger partial charge >= 0.3 is 0 Å². The molecule has 1 atom stereocenters. The van der Waals surface area contributed by atoms with E-state index < -0.39 is 11.9 Å². The van der Waals surface area contributed by atoms with Gasteiger partial charge in [0.15, 0.2) is 5.96 Å². The maximum atomic E-state index is 13.8. The van der Waals surface area contributed by atoms with Crippen LogP contribution in [0.3, 0.4) is 0 Å². The van der Waals surface area contributed by atoms with Gasteiger partial charge in [-0.1, -0.05) is 6.92 Å². The fraction of sp³-hybridized carbons (Fsp3) is 0.238. The molecule has 3 N–H and O–H groups in total. The molecule has 1 aliphatic heterocycles. The van der Waals surface area contributed by atoms with Crippen molar-refractivity contribution in [3.63, 3.8) is 0 Å². The Morgan fingerprint density at radius 1 is 1.29 bits per heavy atom.